The van der Waals surface area contributed by atoms with Crippen LogP contribution in [0.3, 0.4) is 0 Å². The summed E-state index contributed by atoms with van der Waals surface area (Å²) in [4.78, 5) is 29.6. The highest BCUT2D eigenvalue weighted by molar-refractivity contribution is 7.92. The van der Waals surface area contributed by atoms with E-state index in [1.165, 1.54) is 30.2 Å². The number of ether oxygens (including phenoxy) is 1. The van der Waals surface area contributed by atoms with Crippen molar-refractivity contribution >= 4 is 39.1 Å². The number of anilines is 1. The number of amides is 2. The van der Waals surface area contributed by atoms with Crippen LogP contribution in [-0.4, -0.2) is 50.9 Å². The van der Waals surface area contributed by atoms with Gasteiger partial charge in [0.15, 0.2) is 0 Å². The number of hydrogen-bond donors (Lipinski definition) is 1. The lowest BCUT2D eigenvalue weighted by molar-refractivity contribution is -0.140. The quantitative estimate of drug-likeness (QED) is 0.247. The molecule has 0 radical (unpaired) electrons. The topological polar surface area (TPSA) is 96.0 Å². The van der Waals surface area contributed by atoms with Crippen molar-refractivity contribution in [2.75, 3.05) is 18.0 Å². The summed E-state index contributed by atoms with van der Waals surface area (Å²) in [5.74, 6) is -0.506. The van der Waals surface area contributed by atoms with E-state index in [2.05, 4.69) is 5.32 Å². The molecule has 2 amide bonds. The molecule has 44 heavy (non-hydrogen) atoms. The van der Waals surface area contributed by atoms with Crippen molar-refractivity contribution in [3.8, 4) is 5.75 Å². The second-order valence-corrected chi connectivity index (χ2v) is 13.7. The third kappa shape index (κ3) is 8.12. The van der Waals surface area contributed by atoms with Crippen LogP contribution in [0.2, 0.25) is 5.02 Å². The van der Waals surface area contributed by atoms with E-state index in [-0.39, 0.29) is 39.8 Å². The number of methoxy groups -OCH3 is 1. The van der Waals surface area contributed by atoms with Gasteiger partial charge in [-0.1, -0.05) is 85.3 Å². The summed E-state index contributed by atoms with van der Waals surface area (Å²) >= 11 is 6.34. The number of sulfonamides is 1. The lowest BCUT2D eigenvalue weighted by Gasteiger charge is -2.34. The predicted octanol–water partition coefficient (Wildman–Crippen LogP) is 6.42. The molecule has 1 atom stereocenters. The van der Waals surface area contributed by atoms with Gasteiger partial charge in [0.25, 0.3) is 10.0 Å². The first kappa shape index (κ1) is 33.3. The Morgan fingerprint density at radius 1 is 0.977 bits per heavy atom. The number of benzene rings is 3. The maximum absolute atomic E-state index is 14.4. The van der Waals surface area contributed by atoms with E-state index in [4.69, 9.17) is 16.3 Å². The zero-order valence-corrected chi connectivity index (χ0v) is 27.5. The van der Waals surface area contributed by atoms with E-state index < -0.39 is 28.5 Å². The Kier molecular flexibility index (Phi) is 11.3. The molecule has 3 aromatic rings. The number of nitrogens with one attached hydrogen (secondary N) is 1. The van der Waals surface area contributed by atoms with Gasteiger partial charge < -0.3 is 15.0 Å². The summed E-state index contributed by atoms with van der Waals surface area (Å²) in [6.45, 7) is 5.27. The van der Waals surface area contributed by atoms with Crippen molar-refractivity contribution in [2.24, 2.45) is 0 Å². The van der Waals surface area contributed by atoms with Crippen molar-refractivity contribution in [2.45, 2.75) is 82.8 Å². The van der Waals surface area contributed by atoms with Crippen molar-refractivity contribution in [1.82, 2.24) is 10.2 Å². The molecule has 1 saturated carbocycles. The van der Waals surface area contributed by atoms with Gasteiger partial charge in [0, 0.05) is 17.6 Å². The summed E-state index contributed by atoms with van der Waals surface area (Å²) < 4.78 is 34.9. The van der Waals surface area contributed by atoms with E-state index >= 15 is 0 Å². The van der Waals surface area contributed by atoms with E-state index in [0.717, 1.165) is 53.1 Å². The minimum absolute atomic E-state index is 0.0187. The molecule has 10 heteroatoms. The molecule has 8 nitrogen and oxygen atoms in total. The Morgan fingerprint density at radius 3 is 2.32 bits per heavy atom. The van der Waals surface area contributed by atoms with Gasteiger partial charge in [-0.25, -0.2) is 8.42 Å². The van der Waals surface area contributed by atoms with Crippen LogP contribution in [-0.2, 0) is 26.2 Å². The van der Waals surface area contributed by atoms with E-state index in [0.29, 0.717) is 6.42 Å². The Morgan fingerprint density at radius 2 is 1.68 bits per heavy atom. The highest BCUT2D eigenvalue weighted by atomic mass is 35.5. The Balaban J connectivity index is 1.76. The standard InChI is InChI=1S/C34H42ClN3O5S/c1-5-30(34(40)36-28-12-7-6-8-13-28)37(22-26-11-9-10-25(3)20-26)33(39)23-38(31-21-27(35)16-19-32(31)43-4)44(41,42)29-17-14-24(2)15-18-29/h9-11,14-21,28,30H,5-8,12-13,22-23H2,1-4H3,(H,36,40)/t30-/m1/s1. The first-order valence-corrected chi connectivity index (χ1v) is 16.9. The highest BCUT2D eigenvalue weighted by Gasteiger charge is 2.35. The summed E-state index contributed by atoms with van der Waals surface area (Å²) in [7, 11) is -2.83. The lowest BCUT2D eigenvalue weighted by Crippen LogP contribution is -2.54. The normalized spacial score (nSPS) is 14.5. The molecule has 1 aliphatic rings. The third-order valence-electron chi connectivity index (χ3n) is 8.07. The molecular weight excluding hydrogens is 598 g/mol. The fourth-order valence-electron chi connectivity index (χ4n) is 5.68. The fraction of sp³-hybridized carbons (Fsp3) is 0.412. The lowest BCUT2D eigenvalue weighted by atomic mass is 9.95. The van der Waals surface area contributed by atoms with Crippen LogP contribution in [0.25, 0.3) is 0 Å². The van der Waals surface area contributed by atoms with Gasteiger partial charge in [0.1, 0.15) is 18.3 Å². The number of hydrogen-bond acceptors (Lipinski definition) is 5. The maximum atomic E-state index is 14.4. The molecule has 0 saturated heterocycles. The number of rotatable bonds is 12. The van der Waals surface area contributed by atoms with Crippen LogP contribution >= 0.6 is 11.6 Å². The molecule has 0 heterocycles. The zero-order chi connectivity index (χ0) is 31.9. The molecule has 1 N–H and O–H groups in total. The maximum Gasteiger partial charge on any atom is 0.264 e. The highest BCUT2D eigenvalue weighted by Crippen LogP contribution is 2.35. The van der Waals surface area contributed by atoms with E-state index in [9.17, 15) is 18.0 Å². The molecule has 0 bridgehead atoms. The SMILES string of the molecule is CC[C@H](C(=O)NC1CCCCC1)N(Cc1cccc(C)c1)C(=O)CN(c1cc(Cl)ccc1OC)S(=O)(=O)c1ccc(C)cc1. The third-order valence-corrected chi connectivity index (χ3v) is 10.1. The van der Waals surface area contributed by atoms with E-state index in [1.807, 2.05) is 45.0 Å². The Hall–Kier alpha value is -3.56. The average molecular weight is 640 g/mol. The molecule has 236 valence electrons. The van der Waals surface area contributed by atoms with E-state index in [1.54, 1.807) is 24.3 Å². The Labute approximate surface area is 266 Å². The second kappa shape index (κ2) is 14.9. The van der Waals surface area contributed by atoms with Crippen LogP contribution in [0.5, 0.6) is 5.75 Å². The number of aryl methyl sites for hydroxylation is 2. The molecule has 1 aliphatic carbocycles. The second-order valence-electron chi connectivity index (χ2n) is 11.4. The van der Waals surface area contributed by atoms with Crippen LogP contribution in [0.1, 0.15) is 62.1 Å². The molecule has 0 aliphatic heterocycles. The minimum Gasteiger partial charge on any atom is -0.495 e. The van der Waals surface area contributed by atoms with Gasteiger partial charge in [0.2, 0.25) is 11.8 Å². The number of halogens is 1. The van der Waals surface area contributed by atoms with Crippen LogP contribution in [0.15, 0.2) is 71.6 Å². The smallest absolute Gasteiger partial charge is 0.264 e. The van der Waals surface area contributed by atoms with Crippen molar-refractivity contribution in [3.05, 3.63) is 88.4 Å². The first-order chi connectivity index (χ1) is 21.0. The van der Waals surface area contributed by atoms with Gasteiger partial charge in [-0.15, -0.1) is 0 Å². The summed E-state index contributed by atoms with van der Waals surface area (Å²) in [5.41, 5.74) is 2.88. The largest absolute Gasteiger partial charge is 0.495 e. The van der Waals surface area contributed by atoms with Crippen molar-refractivity contribution < 1.29 is 22.7 Å². The molecule has 1 fully saturated rings. The Bertz CT molecular complexity index is 1560. The van der Waals surface area contributed by atoms with Crippen molar-refractivity contribution in [1.29, 1.82) is 0 Å². The molecule has 0 spiro atoms. The average Bonchev–Trinajstić information content (AvgIpc) is 3.00. The van der Waals surface area contributed by atoms with Crippen LogP contribution < -0.4 is 14.4 Å². The molecule has 0 aromatic heterocycles. The van der Waals surface area contributed by atoms with Crippen LogP contribution in [0.4, 0.5) is 5.69 Å². The molecule has 0 unspecified atom stereocenters. The zero-order valence-electron chi connectivity index (χ0n) is 25.9. The van der Waals surface area contributed by atoms with Gasteiger partial charge in [-0.05, 0) is 69.0 Å². The number of nitrogens with zero attached hydrogens (tertiary/aromatic N) is 2. The summed E-state index contributed by atoms with van der Waals surface area (Å²) in [6.07, 6.45) is 5.44. The van der Waals surface area contributed by atoms with Crippen molar-refractivity contribution in [3.63, 3.8) is 0 Å². The van der Waals surface area contributed by atoms with Gasteiger partial charge in [-0.2, -0.15) is 0 Å². The first-order valence-electron chi connectivity index (χ1n) is 15.1. The van der Waals surface area contributed by atoms with Gasteiger partial charge in [0.05, 0.1) is 17.7 Å². The summed E-state index contributed by atoms with van der Waals surface area (Å²) in [6, 6.07) is 18.1. The number of carbonyl (C=O) groups excluding carboxylic acids is 2. The molecule has 3 aromatic carbocycles. The number of carbonyl (C=O) groups is 2. The minimum atomic E-state index is -4.26. The summed E-state index contributed by atoms with van der Waals surface area (Å²) in [5, 5.41) is 3.46. The van der Waals surface area contributed by atoms with Gasteiger partial charge in [-0.3, -0.25) is 13.9 Å². The molecule has 4 rings (SSSR count). The van der Waals surface area contributed by atoms with Gasteiger partial charge >= 0.3 is 0 Å². The van der Waals surface area contributed by atoms with Crippen LogP contribution in [0, 0.1) is 13.8 Å². The molecular formula is C34H42ClN3O5S. The monoisotopic (exact) mass is 639 g/mol. The predicted molar refractivity (Wildman–Crippen MR) is 175 cm³/mol. The fourth-order valence-corrected chi connectivity index (χ4v) is 7.26.